The number of benzene rings is 1. The number of carbonyl (C=O) groups is 2. The highest BCUT2D eigenvalue weighted by molar-refractivity contribution is 5.99. The number of aliphatic carboxylic acids is 1. The Bertz CT molecular complexity index is 608. The van der Waals surface area contributed by atoms with Crippen molar-refractivity contribution in [1.29, 1.82) is 0 Å². The molecule has 0 radical (unpaired) electrons. The Hall–Kier alpha value is -2.95. The van der Waals surface area contributed by atoms with Crippen LogP contribution < -0.4 is 0 Å². The SMILES string of the molecule is C#CCN(CC(=O)O)C(=O)c1ccc(F)cc1[N+](=O)[O-]. The van der Waals surface area contributed by atoms with Crippen molar-refractivity contribution in [1.82, 2.24) is 4.90 Å². The second-order valence-electron chi connectivity index (χ2n) is 3.68. The van der Waals surface area contributed by atoms with Crippen LogP contribution in [0.2, 0.25) is 0 Å². The average Bonchev–Trinajstić information content (AvgIpc) is 2.36. The Labute approximate surface area is 112 Å². The molecule has 1 N–H and O–H groups in total. The largest absolute Gasteiger partial charge is 0.480 e. The zero-order valence-corrected chi connectivity index (χ0v) is 10.1. The van der Waals surface area contributed by atoms with Gasteiger partial charge in [0.15, 0.2) is 0 Å². The first-order valence-corrected chi connectivity index (χ1v) is 5.25. The molecular formula is C12H9FN2O5. The number of rotatable bonds is 5. The first kappa shape index (κ1) is 15.1. The second-order valence-corrected chi connectivity index (χ2v) is 3.68. The van der Waals surface area contributed by atoms with Gasteiger partial charge >= 0.3 is 5.97 Å². The molecule has 0 fully saturated rings. The fraction of sp³-hybridized carbons (Fsp3) is 0.167. The van der Waals surface area contributed by atoms with Gasteiger partial charge in [-0.2, -0.15) is 0 Å². The van der Waals surface area contributed by atoms with Crippen molar-refractivity contribution in [3.05, 3.63) is 39.7 Å². The standard InChI is InChI=1S/C12H9FN2O5/c1-2-5-14(7-11(16)17)12(18)9-4-3-8(13)6-10(9)15(19)20/h1,3-4,6H,5,7H2,(H,16,17). The van der Waals surface area contributed by atoms with Crippen LogP contribution in [-0.2, 0) is 4.79 Å². The topological polar surface area (TPSA) is 101 Å². The zero-order chi connectivity index (χ0) is 15.3. The van der Waals surface area contributed by atoms with Crippen LogP contribution in [0, 0.1) is 28.3 Å². The van der Waals surface area contributed by atoms with E-state index in [2.05, 4.69) is 5.92 Å². The van der Waals surface area contributed by atoms with Gasteiger partial charge in [0, 0.05) is 0 Å². The van der Waals surface area contributed by atoms with Gasteiger partial charge in [0.25, 0.3) is 11.6 Å². The van der Waals surface area contributed by atoms with E-state index in [0.29, 0.717) is 6.07 Å². The normalized spacial score (nSPS) is 9.60. The molecule has 104 valence electrons. The number of carboxylic acid groups (broad SMARTS) is 1. The summed E-state index contributed by atoms with van der Waals surface area (Å²) in [7, 11) is 0. The molecule has 0 aliphatic carbocycles. The van der Waals surface area contributed by atoms with Crippen molar-refractivity contribution in [3.8, 4) is 12.3 Å². The number of terminal acetylenes is 1. The summed E-state index contributed by atoms with van der Waals surface area (Å²) < 4.78 is 13.0. The van der Waals surface area contributed by atoms with E-state index in [-0.39, 0.29) is 6.54 Å². The van der Waals surface area contributed by atoms with Crippen LogP contribution >= 0.6 is 0 Å². The van der Waals surface area contributed by atoms with E-state index in [1.165, 1.54) is 0 Å². The molecule has 0 unspecified atom stereocenters. The molecule has 8 heteroatoms. The summed E-state index contributed by atoms with van der Waals surface area (Å²) in [5.41, 5.74) is -1.17. The molecule has 0 saturated heterocycles. The van der Waals surface area contributed by atoms with Gasteiger partial charge in [-0.05, 0) is 12.1 Å². The average molecular weight is 280 g/mol. The molecule has 0 aliphatic heterocycles. The molecule has 20 heavy (non-hydrogen) atoms. The van der Waals surface area contributed by atoms with E-state index >= 15 is 0 Å². The maximum Gasteiger partial charge on any atom is 0.323 e. The third-order valence-electron chi connectivity index (χ3n) is 2.28. The lowest BCUT2D eigenvalue weighted by Gasteiger charge is -2.17. The molecule has 0 aliphatic rings. The Balaban J connectivity index is 3.21. The van der Waals surface area contributed by atoms with Gasteiger partial charge in [0.1, 0.15) is 17.9 Å². The molecule has 0 heterocycles. The number of nitro benzene ring substituents is 1. The van der Waals surface area contributed by atoms with Crippen LogP contribution in [0.15, 0.2) is 18.2 Å². The van der Waals surface area contributed by atoms with Gasteiger partial charge in [-0.1, -0.05) is 5.92 Å². The van der Waals surface area contributed by atoms with Crippen LogP contribution in [0.1, 0.15) is 10.4 Å². The van der Waals surface area contributed by atoms with Gasteiger partial charge in [-0.25, -0.2) is 4.39 Å². The quantitative estimate of drug-likeness (QED) is 0.490. The van der Waals surface area contributed by atoms with Crippen LogP contribution in [0.25, 0.3) is 0 Å². The molecular weight excluding hydrogens is 271 g/mol. The number of carboxylic acids is 1. The van der Waals surface area contributed by atoms with Gasteiger partial charge in [0.2, 0.25) is 0 Å². The smallest absolute Gasteiger partial charge is 0.323 e. The van der Waals surface area contributed by atoms with Gasteiger partial charge in [0.05, 0.1) is 17.5 Å². The van der Waals surface area contributed by atoms with Gasteiger partial charge in [-0.15, -0.1) is 6.42 Å². The summed E-state index contributed by atoms with van der Waals surface area (Å²) >= 11 is 0. The number of nitrogens with zero attached hydrogens (tertiary/aromatic N) is 2. The van der Waals surface area contributed by atoms with E-state index in [1.54, 1.807) is 0 Å². The molecule has 0 atom stereocenters. The van der Waals surface area contributed by atoms with E-state index in [9.17, 15) is 24.1 Å². The lowest BCUT2D eigenvalue weighted by molar-refractivity contribution is -0.385. The molecule has 1 rings (SSSR count). The highest BCUT2D eigenvalue weighted by Gasteiger charge is 2.26. The zero-order valence-electron chi connectivity index (χ0n) is 10.1. The summed E-state index contributed by atoms with van der Waals surface area (Å²) in [5.74, 6) is -1.07. The first-order chi connectivity index (χ1) is 9.36. The molecule has 0 saturated carbocycles. The molecule has 1 aromatic carbocycles. The summed E-state index contributed by atoms with van der Waals surface area (Å²) in [4.78, 5) is 33.3. The number of halogens is 1. The van der Waals surface area contributed by atoms with Crippen molar-refractivity contribution >= 4 is 17.6 Å². The van der Waals surface area contributed by atoms with E-state index in [1.807, 2.05) is 0 Å². The molecule has 0 spiro atoms. The van der Waals surface area contributed by atoms with Crippen molar-refractivity contribution in [3.63, 3.8) is 0 Å². The number of carbonyl (C=O) groups excluding carboxylic acids is 1. The monoisotopic (exact) mass is 280 g/mol. The molecule has 1 aromatic rings. The van der Waals surface area contributed by atoms with Crippen molar-refractivity contribution in [2.24, 2.45) is 0 Å². The number of amides is 1. The first-order valence-electron chi connectivity index (χ1n) is 5.25. The third kappa shape index (κ3) is 3.52. The predicted octanol–water partition coefficient (Wildman–Crippen LogP) is 0.894. The highest BCUT2D eigenvalue weighted by Crippen LogP contribution is 2.21. The summed E-state index contributed by atoms with van der Waals surface area (Å²) in [6.07, 6.45) is 5.01. The Morgan fingerprint density at radius 3 is 2.65 bits per heavy atom. The van der Waals surface area contributed by atoms with Crippen LogP contribution in [0.4, 0.5) is 10.1 Å². The second kappa shape index (κ2) is 6.29. The molecule has 7 nitrogen and oxygen atoms in total. The van der Waals surface area contributed by atoms with E-state index < -0.39 is 40.4 Å². The Morgan fingerprint density at radius 1 is 1.50 bits per heavy atom. The lowest BCUT2D eigenvalue weighted by atomic mass is 10.1. The van der Waals surface area contributed by atoms with E-state index in [4.69, 9.17) is 11.5 Å². The number of hydrogen-bond donors (Lipinski definition) is 1. The predicted molar refractivity (Wildman–Crippen MR) is 65.4 cm³/mol. The maximum atomic E-state index is 13.0. The fourth-order valence-electron chi connectivity index (χ4n) is 1.48. The number of nitro groups is 1. The summed E-state index contributed by atoms with van der Waals surface area (Å²) in [6.45, 7) is -1.04. The highest BCUT2D eigenvalue weighted by atomic mass is 19.1. The van der Waals surface area contributed by atoms with Crippen LogP contribution in [0.3, 0.4) is 0 Å². The lowest BCUT2D eigenvalue weighted by Crippen LogP contribution is -2.36. The van der Waals surface area contributed by atoms with E-state index in [0.717, 1.165) is 17.0 Å². The minimum Gasteiger partial charge on any atom is -0.480 e. The Morgan fingerprint density at radius 2 is 2.15 bits per heavy atom. The molecule has 0 bridgehead atoms. The van der Waals surface area contributed by atoms with Crippen LogP contribution in [0.5, 0.6) is 0 Å². The Kier molecular flexibility index (Phi) is 4.75. The van der Waals surface area contributed by atoms with Crippen molar-refractivity contribution in [2.75, 3.05) is 13.1 Å². The molecule has 0 aromatic heterocycles. The third-order valence-corrected chi connectivity index (χ3v) is 2.28. The summed E-state index contributed by atoms with van der Waals surface area (Å²) in [6, 6.07) is 2.37. The minimum atomic E-state index is -1.32. The van der Waals surface area contributed by atoms with Gasteiger partial charge < -0.3 is 10.0 Å². The summed E-state index contributed by atoms with van der Waals surface area (Å²) in [5, 5.41) is 19.5. The molecule has 1 amide bonds. The fourth-order valence-corrected chi connectivity index (χ4v) is 1.48. The maximum absolute atomic E-state index is 13.0. The minimum absolute atomic E-state index is 0.334. The van der Waals surface area contributed by atoms with Gasteiger partial charge in [-0.3, -0.25) is 19.7 Å². The number of hydrogen-bond acceptors (Lipinski definition) is 4. The van der Waals surface area contributed by atoms with Crippen molar-refractivity contribution < 1.29 is 24.0 Å². The van der Waals surface area contributed by atoms with Crippen molar-refractivity contribution in [2.45, 2.75) is 0 Å². The van der Waals surface area contributed by atoms with Crippen LogP contribution in [-0.4, -0.2) is 39.9 Å².